The first-order valence-corrected chi connectivity index (χ1v) is 4.70. The van der Waals surface area contributed by atoms with Gasteiger partial charge in [0.1, 0.15) is 0 Å². The van der Waals surface area contributed by atoms with Crippen molar-refractivity contribution in [2.45, 2.75) is 40.5 Å². The number of hydrogen-bond acceptors (Lipinski definition) is 2. The van der Waals surface area contributed by atoms with Crippen LogP contribution in [0.25, 0.3) is 0 Å². The summed E-state index contributed by atoms with van der Waals surface area (Å²) >= 11 is 0. The van der Waals surface area contributed by atoms with Gasteiger partial charge < -0.3 is 10.2 Å². The van der Waals surface area contributed by atoms with Gasteiger partial charge in [-0.15, -0.1) is 13.2 Å². The predicted octanol–water partition coefficient (Wildman–Crippen LogP) is 0.405. The Balaban J connectivity index is -0.000000143. The Hall–Kier alpha value is 1.49. The van der Waals surface area contributed by atoms with Crippen LogP contribution in [0.2, 0.25) is 0 Å². The first-order chi connectivity index (χ1) is 5.54. The summed E-state index contributed by atoms with van der Waals surface area (Å²) in [6.07, 6.45) is 1.64. The summed E-state index contributed by atoms with van der Waals surface area (Å²) in [4.78, 5) is 0. The smallest absolute Gasteiger partial charge is 0.854 e. The van der Waals surface area contributed by atoms with E-state index < -0.39 is 0 Å². The van der Waals surface area contributed by atoms with Crippen molar-refractivity contribution in [1.82, 2.24) is 0 Å². The van der Waals surface area contributed by atoms with Gasteiger partial charge >= 0.3 is 48.9 Å². The number of hydrogen-bond donors (Lipinski definition) is 0. The second-order valence-corrected chi connectivity index (χ2v) is 3.77. The molecule has 76 valence electrons. The van der Waals surface area contributed by atoms with E-state index in [0.717, 1.165) is 12.8 Å². The molecule has 0 N–H and O–H groups in total. The Morgan fingerprint density at radius 1 is 0.769 bits per heavy atom. The Labute approximate surface area is 123 Å². The molecule has 0 aromatic carbocycles. The van der Waals surface area contributed by atoms with Gasteiger partial charge in [-0.3, -0.25) is 0 Å². The second kappa shape index (κ2) is 15.9. The fourth-order valence-corrected chi connectivity index (χ4v) is 0.471. The van der Waals surface area contributed by atoms with Crippen LogP contribution in [0.15, 0.2) is 0 Å². The third-order valence-corrected chi connectivity index (χ3v) is 1.39. The summed E-state index contributed by atoms with van der Waals surface area (Å²) in [6, 6.07) is 0. The van der Waals surface area contributed by atoms with Crippen molar-refractivity contribution in [2.24, 2.45) is 11.8 Å². The molecule has 0 aromatic heterocycles. The summed E-state index contributed by atoms with van der Waals surface area (Å²) < 4.78 is 0. The Kier molecular flexibility index (Phi) is 24.5. The third kappa shape index (κ3) is 31.7. The van der Waals surface area contributed by atoms with Crippen LogP contribution in [0.1, 0.15) is 40.5 Å². The quantitative estimate of drug-likeness (QED) is 0.706. The summed E-state index contributed by atoms with van der Waals surface area (Å²) in [5, 5.41) is 19.5. The van der Waals surface area contributed by atoms with E-state index in [9.17, 15) is 10.2 Å². The minimum Gasteiger partial charge on any atom is -0.854 e. The maximum atomic E-state index is 9.74. The Morgan fingerprint density at radius 3 is 1.00 bits per heavy atom. The normalized spacial score (nSPS) is 9.23. The van der Waals surface area contributed by atoms with Gasteiger partial charge in [-0.1, -0.05) is 40.5 Å². The Morgan fingerprint density at radius 2 is 1.00 bits per heavy atom. The molecule has 0 saturated heterocycles. The van der Waals surface area contributed by atoms with Crippen LogP contribution >= 0.6 is 0 Å². The van der Waals surface area contributed by atoms with Crippen molar-refractivity contribution in [2.75, 3.05) is 13.2 Å². The van der Waals surface area contributed by atoms with Gasteiger partial charge in [0.05, 0.1) is 0 Å². The van der Waals surface area contributed by atoms with Gasteiger partial charge in [0.15, 0.2) is 0 Å². The molecule has 3 heteroatoms. The molecule has 0 atom stereocenters. The zero-order chi connectivity index (χ0) is 9.98. The van der Waals surface area contributed by atoms with E-state index >= 15 is 0 Å². The molecule has 0 spiro atoms. The fraction of sp³-hybridized carbons (Fsp3) is 1.00. The minimum absolute atomic E-state index is 0. The van der Waals surface area contributed by atoms with Crippen LogP contribution in [-0.2, 0) is 0 Å². The molecular formula is C10H22BaO2. The van der Waals surface area contributed by atoms with Gasteiger partial charge in [-0.2, -0.15) is 0 Å². The van der Waals surface area contributed by atoms with Crippen LogP contribution < -0.4 is 10.2 Å². The average Bonchev–Trinajstić information content (AvgIpc) is 1.87. The second-order valence-electron chi connectivity index (χ2n) is 3.77. The van der Waals surface area contributed by atoms with E-state index in [1.54, 1.807) is 0 Å². The van der Waals surface area contributed by atoms with Gasteiger partial charge in [0, 0.05) is 0 Å². The van der Waals surface area contributed by atoms with Crippen LogP contribution in [0.3, 0.4) is 0 Å². The van der Waals surface area contributed by atoms with Crippen molar-refractivity contribution in [3.63, 3.8) is 0 Å². The van der Waals surface area contributed by atoms with Crippen molar-refractivity contribution in [3.8, 4) is 0 Å². The van der Waals surface area contributed by atoms with Crippen molar-refractivity contribution in [3.05, 3.63) is 0 Å². The van der Waals surface area contributed by atoms with E-state index in [4.69, 9.17) is 0 Å². The van der Waals surface area contributed by atoms with E-state index in [1.807, 2.05) is 0 Å². The topological polar surface area (TPSA) is 46.1 Å². The average molecular weight is 312 g/mol. The van der Waals surface area contributed by atoms with Gasteiger partial charge in [-0.05, 0) is 11.8 Å². The van der Waals surface area contributed by atoms with Crippen LogP contribution in [0.5, 0.6) is 0 Å². The maximum Gasteiger partial charge on any atom is 2.00 e. The SMILES string of the molecule is CC(C)CC[O-].CC(C)CC[O-].[Ba+2]. The largest absolute Gasteiger partial charge is 2.00 e. The standard InChI is InChI=1S/2C5H11O.Ba/c2*1-5(2)3-4-6;/h2*5H,3-4H2,1-2H3;/q2*-1;+2. The van der Waals surface area contributed by atoms with E-state index in [-0.39, 0.29) is 62.1 Å². The molecular weight excluding hydrogens is 289 g/mol. The summed E-state index contributed by atoms with van der Waals surface area (Å²) in [5.74, 6) is 1.17. The molecule has 0 rings (SSSR count). The molecule has 0 bridgehead atoms. The molecule has 0 aliphatic heterocycles. The zero-order valence-electron chi connectivity index (χ0n) is 9.51. The van der Waals surface area contributed by atoms with Gasteiger partial charge in [0.2, 0.25) is 0 Å². The molecule has 0 aliphatic carbocycles. The molecule has 0 saturated carbocycles. The first-order valence-electron chi connectivity index (χ1n) is 4.70. The molecule has 0 aliphatic rings. The summed E-state index contributed by atoms with van der Waals surface area (Å²) in [5.41, 5.74) is 0. The van der Waals surface area contributed by atoms with E-state index in [2.05, 4.69) is 27.7 Å². The molecule has 2 nitrogen and oxygen atoms in total. The summed E-state index contributed by atoms with van der Waals surface area (Å²) in [7, 11) is 0. The van der Waals surface area contributed by atoms with Gasteiger partial charge in [-0.25, -0.2) is 0 Å². The van der Waals surface area contributed by atoms with Crippen LogP contribution in [-0.4, -0.2) is 62.1 Å². The maximum absolute atomic E-state index is 9.74. The molecule has 13 heavy (non-hydrogen) atoms. The monoisotopic (exact) mass is 312 g/mol. The molecule has 0 radical (unpaired) electrons. The van der Waals surface area contributed by atoms with Crippen molar-refractivity contribution >= 4 is 48.9 Å². The minimum atomic E-state index is 0. The van der Waals surface area contributed by atoms with Crippen molar-refractivity contribution in [1.29, 1.82) is 0 Å². The van der Waals surface area contributed by atoms with Crippen LogP contribution in [0, 0.1) is 11.8 Å². The molecule has 0 amide bonds. The van der Waals surface area contributed by atoms with E-state index in [1.165, 1.54) is 0 Å². The molecule has 0 unspecified atom stereocenters. The van der Waals surface area contributed by atoms with E-state index in [0.29, 0.717) is 11.8 Å². The first kappa shape index (κ1) is 20.0. The van der Waals surface area contributed by atoms with Crippen molar-refractivity contribution < 1.29 is 10.2 Å². The number of rotatable bonds is 4. The third-order valence-electron chi connectivity index (χ3n) is 1.39. The molecule has 0 heterocycles. The zero-order valence-corrected chi connectivity index (χ0v) is 13.9. The molecule has 0 fully saturated rings. The molecule has 0 aromatic rings. The summed E-state index contributed by atoms with van der Waals surface area (Å²) in [6.45, 7) is 8.38. The fourth-order valence-electron chi connectivity index (χ4n) is 0.471. The van der Waals surface area contributed by atoms with Crippen LogP contribution in [0.4, 0.5) is 0 Å². The van der Waals surface area contributed by atoms with Gasteiger partial charge in [0.25, 0.3) is 0 Å². The predicted molar refractivity (Wildman–Crippen MR) is 54.4 cm³/mol. The Bertz CT molecular complexity index is 65.3.